The van der Waals surface area contributed by atoms with E-state index >= 15 is 0 Å². The van der Waals surface area contributed by atoms with Crippen molar-refractivity contribution in [2.24, 2.45) is 40.9 Å². The molecule has 4 fully saturated rings. The summed E-state index contributed by atoms with van der Waals surface area (Å²) in [5, 5.41) is 0. The average molecular weight is 245 g/mol. The van der Waals surface area contributed by atoms with Crippen LogP contribution in [0.3, 0.4) is 0 Å². The molecule has 4 rings (SSSR count). The molecule has 0 bridgehead atoms. The van der Waals surface area contributed by atoms with Crippen molar-refractivity contribution in [3.63, 3.8) is 0 Å². The number of hydrogen-bond donors (Lipinski definition) is 0. The van der Waals surface area contributed by atoms with Gasteiger partial charge >= 0.3 is 0 Å². The summed E-state index contributed by atoms with van der Waals surface area (Å²) in [5.74, 6) is 6.63. The van der Waals surface area contributed by atoms with E-state index in [-0.39, 0.29) is 0 Å². The maximum Gasteiger partial charge on any atom is -0.0349 e. The molecule has 18 heavy (non-hydrogen) atoms. The van der Waals surface area contributed by atoms with Crippen molar-refractivity contribution in [3.05, 3.63) is 6.42 Å². The van der Waals surface area contributed by atoms with Crippen LogP contribution in [0, 0.1) is 47.3 Å². The van der Waals surface area contributed by atoms with E-state index in [1.807, 2.05) is 0 Å². The van der Waals surface area contributed by atoms with Crippen molar-refractivity contribution in [3.8, 4) is 0 Å². The lowest BCUT2D eigenvalue weighted by atomic mass is 9.64. The van der Waals surface area contributed by atoms with Crippen LogP contribution in [0.5, 0.6) is 0 Å². The van der Waals surface area contributed by atoms with Crippen LogP contribution in [-0.2, 0) is 0 Å². The zero-order valence-corrected chi connectivity index (χ0v) is 12.2. The molecule has 0 aromatic rings. The lowest BCUT2D eigenvalue weighted by Gasteiger charge is -2.41. The van der Waals surface area contributed by atoms with Crippen LogP contribution in [-0.4, -0.2) is 0 Å². The van der Waals surface area contributed by atoms with Crippen molar-refractivity contribution in [2.75, 3.05) is 0 Å². The predicted molar refractivity (Wildman–Crippen MR) is 76.0 cm³/mol. The monoisotopic (exact) mass is 245 g/mol. The maximum atomic E-state index is 2.67. The molecular formula is C18H29. The first-order valence-corrected chi connectivity index (χ1v) is 8.47. The van der Waals surface area contributed by atoms with Crippen LogP contribution >= 0.6 is 0 Å². The molecule has 0 aromatic heterocycles. The number of rotatable bonds is 0. The maximum absolute atomic E-state index is 2.67. The Morgan fingerprint density at radius 1 is 0.889 bits per heavy atom. The lowest BCUT2D eigenvalue weighted by Crippen LogP contribution is -2.33. The summed E-state index contributed by atoms with van der Waals surface area (Å²) in [4.78, 5) is 0. The third-order valence-electron chi connectivity index (χ3n) is 7.15. The Morgan fingerprint density at radius 3 is 2.67 bits per heavy atom. The second kappa shape index (κ2) is 4.00. The molecule has 0 heterocycles. The predicted octanol–water partition coefficient (Wildman–Crippen LogP) is 5.09. The first-order chi connectivity index (χ1) is 8.64. The molecule has 1 radical (unpaired) electrons. The van der Waals surface area contributed by atoms with Gasteiger partial charge in [0.15, 0.2) is 0 Å². The Balaban J connectivity index is 1.56. The molecule has 0 aromatic carbocycles. The second-order valence-electron chi connectivity index (χ2n) is 8.61. The normalized spacial score (nSPS) is 53.7. The Hall–Kier alpha value is 0. The highest BCUT2D eigenvalue weighted by atomic mass is 14.6. The standard InChI is InChI=1S/C18H29/c1-18(2)9-8-15-13(11-18)10-17-14-5-3-4-12(14)6-7-16(15)17/h4,12-17H,3,5-11H2,1-2H3. The summed E-state index contributed by atoms with van der Waals surface area (Å²) in [6.45, 7) is 5.02. The first-order valence-electron chi connectivity index (χ1n) is 8.47. The van der Waals surface area contributed by atoms with Gasteiger partial charge in [-0.2, -0.15) is 0 Å². The Labute approximate surface area is 113 Å². The summed E-state index contributed by atoms with van der Waals surface area (Å²) in [6.07, 6.45) is 14.9. The molecular weight excluding hydrogens is 216 g/mol. The highest BCUT2D eigenvalue weighted by Gasteiger charge is 2.53. The molecule has 0 nitrogen and oxygen atoms in total. The largest absolute Gasteiger partial charge is 0.0599 e. The van der Waals surface area contributed by atoms with E-state index in [4.69, 9.17) is 0 Å². The summed E-state index contributed by atoms with van der Waals surface area (Å²) in [5.41, 5.74) is 0.649. The van der Waals surface area contributed by atoms with Gasteiger partial charge in [-0.05, 0) is 98.7 Å². The fourth-order valence-corrected chi connectivity index (χ4v) is 6.48. The summed E-state index contributed by atoms with van der Waals surface area (Å²) in [7, 11) is 0. The number of hydrogen-bond acceptors (Lipinski definition) is 0. The molecule has 0 spiro atoms. The van der Waals surface area contributed by atoms with E-state index in [1.165, 1.54) is 25.7 Å². The van der Waals surface area contributed by atoms with Crippen molar-refractivity contribution >= 4 is 0 Å². The van der Waals surface area contributed by atoms with Crippen LogP contribution in [0.15, 0.2) is 0 Å². The molecule has 0 aliphatic heterocycles. The summed E-state index contributed by atoms with van der Waals surface area (Å²) >= 11 is 0. The van der Waals surface area contributed by atoms with Crippen molar-refractivity contribution in [2.45, 2.75) is 65.2 Å². The van der Waals surface area contributed by atoms with Crippen molar-refractivity contribution in [1.82, 2.24) is 0 Å². The van der Waals surface area contributed by atoms with Gasteiger partial charge in [-0.1, -0.05) is 13.8 Å². The average Bonchev–Trinajstić information content (AvgIpc) is 2.88. The zero-order valence-electron chi connectivity index (χ0n) is 12.2. The Kier molecular flexibility index (Phi) is 2.62. The first kappa shape index (κ1) is 11.8. The van der Waals surface area contributed by atoms with Gasteiger partial charge in [-0.3, -0.25) is 0 Å². The van der Waals surface area contributed by atoms with Gasteiger partial charge in [-0.25, -0.2) is 0 Å². The molecule has 0 heteroatoms. The van der Waals surface area contributed by atoms with Crippen LogP contribution in [0.4, 0.5) is 0 Å². The minimum atomic E-state index is 0.649. The third-order valence-corrected chi connectivity index (χ3v) is 7.15. The van der Waals surface area contributed by atoms with E-state index in [9.17, 15) is 0 Å². The molecule has 101 valence electrons. The Bertz CT molecular complexity index is 329. The smallest absolute Gasteiger partial charge is 0.0349 e. The van der Waals surface area contributed by atoms with E-state index in [0.717, 1.165) is 35.5 Å². The van der Waals surface area contributed by atoms with Crippen LogP contribution in [0.2, 0.25) is 0 Å². The lowest BCUT2D eigenvalue weighted by molar-refractivity contribution is 0.0887. The van der Waals surface area contributed by atoms with Gasteiger partial charge in [0.05, 0.1) is 0 Å². The minimum Gasteiger partial charge on any atom is -0.0599 e. The van der Waals surface area contributed by atoms with Gasteiger partial charge in [0.1, 0.15) is 0 Å². The quantitative estimate of drug-likeness (QED) is 0.557. The van der Waals surface area contributed by atoms with E-state index in [0.29, 0.717) is 5.41 Å². The second-order valence-corrected chi connectivity index (χ2v) is 8.61. The number of fused-ring (bicyclic) bond motifs is 5. The van der Waals surface area contributed by atoms with Gasteiger partial charge in [0.2, 0.25) is 0 Å². The van der Waals surface area contributed by atoms with E-state index in [1.54, 1.807) is 25.7 Å². The third kappa shape index (κ3) is 1.70. The van der Waals surface area contributed by atoms with Gasteiger partial charge < -0.3 is 0 Å². The highest BCUT2D eigenvalue weighted by molar-refractivity contribution is 5.05. The molecule has 0 amide bonds. The molecule has 6 unspecified atom stereocenters. The highest BCUT2D eigenvalue weighted by Crippen LogP contribution is 2.61. The van der Waals surface area contributed by atoms with Crippen molar-refractivity contribution in [1.29, 1.82) is 0 Å². The van der Waals surface area contributed by atoms with E-state index in [2.05, 4.69) is 20.3 Å². The minimum absolute atomic E-state index is 0.649. The molecule has 4 aliphatic rings. The summed E-state index contributed by atoms with van der Waals surface area (Å²) < 4.78 is 0. The fraction of sp³-hybridized carbons (Fsp3) is 0.944. The van der Waals surface area contributed by atoms with Crippen molar-refractivity contribution < 1.29 is 0 Å². The van der Waals surface area contributed by atoms with Gasteiger partial charge in [-0.15, -0.1) is 0 Å². The van der Waals surface area contributed by atoms with Gasteiger partial charge in [0, 0.05) is 0 Å². The molecule has 0 saturated heterocycles. The SMILES string of the molecule is CC1(C)CCC2C(CC3C4CC[CH]C4CCC23)C1. The summed E-state index contributed by atoms with van der Waals surface area (Å²) in [6, 6.07) is 0. The Morgan fingerprint density at radius 2 is 1.78 bits per heavy atom. The van der Waals surface area contributed by atoms with Crippen LogP contribution < -0.4 is 0 Å². The molecule has 4 saturated carbocycles. The topological polar surface area (TPSA) is 0 Å². The van der Waals surface area contributed by atoms with E-state index < -0.39 is 0 Å². The van der Waals surface area contributed by atoms with Crippen LogP contribution in [0.1, 0.15) is 65.2 Å². The molecule has 0 N–H and O–H groups in total. The fourth-order valence-electron chi connectivity index (χ4n) is 6.48. The zero-order chi connectivity index (χ0) is 12.3. The van der Waals surface area contributed by atoms with Crippen LogP contribution in [0.25, 0.3) is 0 Å². The molecule has 4 aliphatic carbocycles. The molecule has 6 atom stereocenters. The van der Waals surface area contributed by atoms with Gasteiger partial charge in [0.25, 0.3) is 0 Å².